The minimum atomic E-state index is 0.525. The van der Waals surface area contributed by atoms with Crippen molar-refractivity contribution < 1.29 is 0 Å². The van der Waals surface area contributed by atoms with Crippen molar-refractivity contribution in [3.63, 3.8) is 0 Å². The number of benzene rings is 1. The Balaban J connectivity index is 2.17. The Hall–Kier alpha value is -2.14. The fourth-order valence-electron chi connectivity index (χ4n) is 1.56. The normalized spacial score (nSPS) is 9.69. The molecule has 0 fully saturated rings. The van der Waals surface area contributed by atoms with Gasteiger partial charge in [-0.2, -0.15) is 5.26 Å². The number of nitrogens with zero attached hydrogens (tertiary/aromatic N) is 2. The first-order chi connectivity index (χ1) is 7.90. The molecular formula is C14H12N2. The largest absolute Gasteiger partial charge is 0.261 e. The van der Waals surface area contributed by atoms with E-state index in [9.17, 15) is 0 Å². The van der Waals surface area contributed by atoms with Gasteiger partial charge in [-0.3, -0.25) is 4.98 Å². The van der Waals surface area contributed by atoms with Gasteiger partial charge in [-0.15, -0.1) is 0 Å². The minimum Gasteiger partial charge on any atom is -0.261 e. The second kappa shape index (κ2) is 5.09. The van der Waals surface area contributed by atoms with Crippen molar-refractivity contribution in [3.05, 3.63) is 54.4 Å². The van der Waals surface area contributed by atoms with Crippen molar-refractivity contribution in [1.29, 1.82) is 5.26 Å². The molecule has 0 atom stereocenters. The maximum atomic E-state index is 8.48. The molecule has 0 bridgehead atoms. The molecule has 0 N–H and O–H groups in total. The molecular weight excluding hydrogens is 196 g/mol. The summed E-state index contributed by atoms with van der Waals surface area (Å²) in [4.78, 5) is 4.34. The molecule has 0 saturated carbocycles. The number of aromatic nitrogens is 1. The summed E-state index contributed by atoms with van der Waals surface area (Å²) in [6, 6.07) is 16.3. The third-order valence-electron chi connectivity index (χ3n) is 2.42. The standard InChI is InChI=1S/C14H12N2/c15-10-4-7-14-9-8-13(11-16-14)12-5-2-1-3-6-12/h1-3,5-6,8-9,11H,4,7H2. The number of hydrogen-bond donors (Lipinski definition) is 0. The second-order valence-electron chi connectivity index (χ2n) is 3.56. The highest BCUT2D eigenvalue weighted by molar-refractivity contribution is 5.62. The molecule has 2 heteroatoms. The highest BCUT2D eigenvalue weighted by Gasteiger charge is 1.98. The molecule has 0 amide bonds. The molecule has 0 spiro atoms. The zero-order valence-corrected chi connectivity index (χ0v) is 8.93. The molecule has 0 radical (unpaired) electrons. The molecule has 0 aliphatic rings. The lowest BCUT2D eigenvalue weighted by Crippen LogP contribution is -1.89. The van der Waals surface area contributed by atoms with Crippen LogP contribution in [0.15, 0.2) is 48.7 Å². The quantitative estimate of drug-likeness (QED) is 0.776. The van der Waals surface area contributed by atoms with E-state index in [1.165, 1.54) is 5.56 Å². The van der Waals surface area contributed by atoms with E-state index < -0.39 is 0 Å². The van der Waals surface area contributed by atoms with E-state index in [4.69, 9.17) is 5.26 Å². The van der Waals surface area contributed by atoms with E-state index in [0.29, 0.717) is 6.42 Å². The molecule has 2 rings (SSSR count). The molecule has 0 unspecified atom stereocenters. The Morgan fingerprint density at radius 2 is 1.81 bits per heavy atom. The number of nitriles is 1. The van der Waals surface area contributed by atoms with E-state index in [2.05, 4.69) is 29.3 Å². The molecule has 0 saturated heterocycles. The average molecular weight is 208 g/mol. The van der Waals surface area contributed by atoms with Crippen molar-refractivity contribution in [2.45, 2.75) is 12.8 Å². The topological polar surface area (TPSA) is 36.7 Å². The third-order valence-corrected chi connectivity index (χ3v) is 2.42. The SMILES string of the molecule is N#CCCc1ccc(-c2ccccc2)cn1. The van der Waals surface area contributed by atoms with Crippen LogP contribution in [0.2, 0.25) is 0 Å². The van der Waals surface area contributed by atoms with E-state index in [1.54, 1.807) is 0 Å². The van der Waals surface area contributed by atoms with Crippen LogP contribution in [0.5, 0.6) is 0 Å². The molecule has 1 aromatic heterocycles. The van der Waals surface area contributed by atoms with Gasteiger partial charge >= 0.3 is 0 Å². The van der Waals surface area contributed by atoms with Crippen molar-refractivity contribution in [3.8, 4) is 17.2 Å². The molecule has 16 heavy (non-hydrogen) atoms. The molecule has 78 valence electrons. The Kier molecular flexibility index (Phi) is 3.30. The zero-order valence-electron chi connectivity index (χ0n) is 8.93. The van der Waals surface area contributed by atoms with Crippen molar-refractivity contribution in [1.82, 2.24) is 4.98 Å². The summed E-state index contributed by atoms with van der Waals surface area (Å²) in [5, 5.41) is 8.48. The van der Waals surface area contributed by atoms with Crippen molar-refractivity contribution in [2.24, 2.45) is 0 Å². The van der Waals surface area contributed by atoms with Gasteiger partial charge in [0.1, 0.15) is 0 Å². The van der Waals surface area contributed by atoms with E-state index in [-0.39, 0.29) is 0 Å². The summed E-state index contributed by atoms with van der Waals surface area (Å²) in [5.41, 5.74) is 3.25. The van der Waals surface area contributed by atoms with Crippen molar-refractivity contribution >= 4 is 0 Å². The van der Waals surface area contributed by atoms with Gasteiger partial charge in [0.05, 0.1) is 6.07 Å². The Labute approximate surface area is 95.2 Å². The summed E-state index contributed by atoms with van der Waals surface area (Å²) in [7, 11) is 0. The lowest BCUT2D eigenvalue weighted by molar-refractivity contribution is 0.952. The van der Waals surface area contributed by atoms with E-state index in [1.807, 2.05) is 30.5 Å². The maximum absolute atomic E-state index is 8.48. The van der Waals surface area contributed by atoms with Crippen LogP contribution in [0.1, 0.15) is 12.1 Å². The number of aryl methyl sites for hydroxylation is 1. The van der Waals surface area contributed by atoms with Gasteiger partial charge in [0, 0.05) is 30.3 Å². The number of pyridine rings is 1. The van der Waals surface area contributed by atoms with Crippen LogP contribution >= 0.6 is 0 Å². The fourth-order valence-corrected chi connectivity index (χ4v) is 1.56. The predicted molar refractivity (Wildman–Crippen MR) is 63.6 cm³/mol. The van der Waals surface area contributed by atoms with Gasteiger partial charge in [-0.1, -0.05) is 36.4 Å². The van der Waals surface area contributed by atoms with Crippen LogP contribution in [0.4, 0.5) is 0 Å². The van der Waals surface area contributed by atoms with Gasteiger partial charge in [0.25, 0.3) is 0 Å². The van der Waals surface area contributed by atoms with E-state index >= 15 is 0 Å². The molecule has 2 aromatic rings. The van der Waals surface area contributed by atoms with Crippen LogP contribution in [-0.4, -0.2) is 4.98 Å². The lowest BCUT2D eigenvalue weighted by Gasteiger charge is -2.02. The van der Waals surface area contributed by atoms with Gasteiger partial charge in [0.2, 0.25) is 0 Å². The Bertz CT molecular complexity index is 480. The zero-order chi connectivity index (χ0) is 11.2. The van der Waals surface area contributed by atoms with Gasteiger partial charge in [-0.05, 0) is 11.6 Å². The molecule has 1 aromatic carbocycles. The smallest absolute Gasteiger partial charge is 0.0625 e. The number of hydrogen-bond acceptors (Lipinski definition) is 2. The van der Waals surface area contributed by atoms with Gasteiger partial charge in [0.15, 0.2) is 0 Å². The molecule has 2 nitrogen and oxygen atoms in total. The van der Waals surface area contributed by atoms with Crippen molar-refractivity contribution in [2.75, 3.05) is 0 Å². The summed E-state index contributed by atoms with van der Waals surface area (Å²) < 4.78 is 0. The second-order valence-corrected chi connectivity index (χ2v) is 3.56. The predicted octanol–water partition coefficient (Wildman–Crippen LogP) is 3.20. The Morgan fingerprint density at radius 1 is 1.00 bits per heavy atom. The van der Waals surface area contributed by atoms with Crippen LogP contribution in [-0.2, 0) is 6.42 Å². The summed E-state index contributed by atoms with van der Waals surface area (Å²) in [5.74, 6) is 0. The first kappa shape index (κ1) is 10.4. The minimum absolute atomic E-state index is 0.525. The third kappa shape index (κ3) is 2.46. The van der Waals surface area contributed by atoms with Gasteiger partial charge in [-0.25, -0.2) is 0 Å². The summed E-state index contributed by atoms with van der Waals surface area (Å²) >= 11 is 0. The first-order valence-electron chi connectivity index (χ1n) is 5.27. The monoisotopic (exact) mass is 208 g/mol. The van der Waals surface area contributed by atoms with E-state index in [0.717, 1.165) is 17.7 Å². The Morgan fingerprint density at radius 3 is 2.44 bits per heavy atom. The highest BCUT2D eigenvalue weighted by atomic mass is 14.7. The summed E-state index contributed by atoms with van der Waals surface area (Å²) in [6.07, 6.45) is 3.12. The van der Waals surface area contributed by atoms with Crippen LogP contribution < -0.4 is 0 Å². The molecule has 1 heterocycles. The molecule has 0 aliphatic heterocycles. The molecule has 0 aliphatic carbocycles. The fraction of sp³-hybridized carbons (Fsp3) is 0.143. The van der Waals surface area contributed by atoms with Crippen LogP contribution in [0.3, 0.4) is 0 Å². The highest BCUT2D eigenvalue weighted by Crippen LogP contribution is 2.17. The van der Waals surface area contributed by atoms with Crippen LogP contribution in [0.25, 0.3) is 11.1 Å². The first-order valence-corrected chi connectivity index (χ1v) is 5.27. The lowest BCUT2D eigenvalue weighted by atomic mass is 10.1. The van der Waals surface area contributed by atoms with Gasteiger partial charge < -0.3 is 0 Å². The van der Waals surface area contributed by atoms with Crippen LogP contribution in [0, 0.1) is 11.3 Å². The summed E-state index contributed by atoms with van der Waals surface area (Å²) in [6.45, 7) is 0. The maximum Gasteiger partial charge on any atom is 0.0625 e. The average Bonchev–Trinajstić information content (AvgIpc) is 2.38. The number of rotatable bonds is 3.